The van der Waals surface area contributed by atoms with Crippen LogP contribution in [0.5, 0.6) is 0 Å². The minimum absolute atomic E-state index is 0. The number of aliphatic imine (C=N–C) groups is 1. The van der Waals surface area contributed by atoms with Crippen LogP contribution in [0.15, 0.2) is 58.4 Å². The topological polar surface area (TPSA) is 117 Å². The third kappa shape index (κ3) is 8.38. The first-order valence-corrected chi connectivity index (χ1v) is 10.7. The van der Waals surface area contributed by atoms with Gasteiger partial charge in [0, 0.05) is 38.8 Å². The number of guanidine groups is 1. The van der Waals surface area contributed by atoms with Crippen molar-refractivity contribution in [2.75, 3.05) is 26.7 Å². The SMILES string of the molecule is CCNC(=NCCNS(=O)(=O)c1cccc([N+](=O)[O-])c1)N(C)Cc1cccc(F)c1.I. The first kappa shape index (κ1) is 26.7. The molecule has 0 aliphatic heterocycles. The van der Waals surface area contributed by atoms with Gasteiger partial charge >= 0.3 is 0 Å². The zero-order chi connectivity index (χ0) is 22.1. The van der Waals surface area contributed by atoms with Crippen LogP contribution in [-0.2, 0) is 16.6 Å². The van der Waals surface area contributed by atoms with Gasteiger partial charge in [-0.2, -0.15) is 0 Å². The maximum Gasteiger partial charge on any atom is 0.270 e. The fourth-order valence-electron chi connectivity index (χ4n) is 2.64. The lowest BCUT2D eigenvalue weighted by molar-refractivity contribution is -0.385. The van der Waals surface area contributed by atoms with Crippen LogP contribution in [0.25, 0.3) is 0 Å². The van der Waals surface area contributed by atoms with Crippen LogP contribution in [-0.4, -0.2) is 50.9 Å². The molecule has 9 nitrogen and oxygen atoms in total. The highest BCUT2D eigenvalue weighted by Gasteiger charge is 2.17. The van der Waals surface area contributed by atoms with Crippen molar-refractivity contribution in [3.8, 4) is 0 Å². The highest BCUT2D eigenvalue weighted by Crippen LogP contribution is 2.16. The molecule has 0 heterocycles. The largest absolute Gasteiger partial charge is 0.357 e. The molecule has 0 aromatic heterocycles. The molecule has 0 aliphatic carbocycles. The molecule has 0 atom stereocenters. The number of sulfonamides is 1. The van der Waals surface area contributed by atoms with E-state index in [0.717, 1.165) is 11.6 Å². The quantitative estimate of drug-likeness (QED) is 0.121. The van der Waals surface area contributed by atoms with Gasteiger partial charge in [0.1, 0.15) is 5.82 Å². The fourth-order valence-corrected chi connectivity index (χ4v) is 3.70. The summed E-state index contributed by atoms with van der Waals surface area (Å²) < 4.78 is 40.4. The number of halogens is 2. The van der Waals surface area contributed by atoms with E-state index in [2.05, 4.69) is 15.0 Å². The van der Waals surface area contributed by atoms with Crippen molar-refractivity contribution in [2.24, 2.45) is 4.99 Å². The van der Waals surface area contributed by atoms with E-state index in [1.807, 2.05) is 6.92 Å². The van der Waals surface area contributed by atoms with Gasteiger partial charge in [-0.25, -0.2) is 17.5 Å². The van der Waals surface area contributed by atoms with E-state index in [9.17, 15) is 22.9 Å². The molecule has 0 amide bonds. The van der Waals surface area contributed by atoms with E-state index in [1.54, 1.807) is 24.1 Å². The Morgan fingerprint density at radius 2 is 1.94 bits per heavy atom. The third-order valence-corrected chi connectivity index (χ3v) is 5.47. The Hall–Kier alpha value is -2.32. The minimum atomic E-state index is -3.90. The number of nitro benzene ring substituents is 1. The zero-order valence-corrected chi connectivity index (χ0v) is 20.3. The van der Waals surface area contributed by atoms with Crippen LogP contribution < -0.4 is 10.0 Å². The van der Waals surface area contributed by atoms with Gasteiger partial charge in [-0.05, 0) is 30.7 Å². The highest BCUT2D eigenvalue weighted by molar-refractivity contribution is 14.0. The summed E-state index contributed by atoms with van der Waals surface area (Å²) in [5, 5.41) is 13.9. The molecule has 0 radical (unpaired) electrons. The summed E-state index contributed by atoms with van der Waals surface area (Å²) in [6.07, 6.45) is 0. The van der Waals surface area contributed by atoms with E-state index >= 15 is 0 Å². The van der Waals surface area contributed by atoms with Crippen molar-refractivity contribution in [1.29, 1.82) is 0 Å². The smallest absolute Gasteiger partial charge is 0.270 e. The van der Waals surface area contributed by atoms with Gasteiger partial charge in [0.25, 0.3) is 5.69 Å². The van der Waals surface area contributed by atoms with E-state index in [-0.39, 0.29) is 53.5 Å². The Kier molecular flexibility index (Phi) is 10.8. The molecule has 2 aromatic rings. The average Bonchev–Trinajstić information content (AvgIpc) is 2.70. The van der Waals surface area contributed by atoms with E-state index in [4.69, 9.17) is 0 Å². The predicted octanol–water partition coefficient (Wildman–Crippen LogP) is 2.73. The second-order valence-corrected chi connectivity index (χ2v) is 8.14. The van der Waals surface area contributed by atoms with Crippen molar-refractivity contribution >= 4 is 45.6 Å². The van der Waals surface area contributed by atoms with Gasteiger partial charge in [-0.1, -0.05) is 18.2 Å². The fraction of sp³-hybridized carbons (Fsp3) is 0.316. The Morgan fingerprint density at radius 1 is 1.23 bits per heavy atom. The van der Waals surface area contributed by atoms with Gasteiger partial charge in [-0.15, -0.1) is 24.0 Å². The number of nitrogens with zero attached hydrogens (tertiary/aromatic N) is 3. The normalized spacial score (nSPS) is 11.5. The summed E-state index contributed by atoms with van der Waals surface area (Å²) in [6, 6.07) is 11.1. The first-order valence-electron chi connectivity index (χ1n) is 9.21. The molecule has 0 saturated carbocycles. The van der Waals surface area contributed by atoms with E-state index < -0.39 is 14.9 Å². The maximum atomic E-state index is 13.4. The number of hydrogen-bond donors (Lipinski definition) is 2. The molecule has 0 saturated heterocycles. The predicted molar refractivity (Wildman–Crippen MR) is 128 cm³/mol. The van der Waals surface area contributed by atoms with Gasteiger partial charge in [0.15, 0.2) is 5.96 Å². The molecule has 2 rings (SSSR count). The van der Waals surface area contributed by atoms with E-state index in [1.165, 1.54) is 30.3 Å². The number of nitro groups is 1. The summed E-state index contributed by atoms with van der Waals surface area (Å²) in [5.41, 5.74) is 0.471. The third-order valence-electron chi connectivity index (χ3n) is 4.01. The van der Waals surface area contributed by atoms with E-state index in [0.29, 0.717) is 19.0 Å². The summed E-state index contributed by atoms with van der Waals surface area (Å²) in [5.74, 6) is 0.217. The lowest BCUT2D eigenvalue weighted by atomic mass is 10.2. The summed E-state index contributed by atoms with van der Waals surface area (Å²) in [4.78, 5) is 16.2. The van der Waals surface area contributed by atoms with Crippen molar-refractivity contribution in [1.82, 2.24) is 14.9 Å². The van der Waals surface area contributed by atoms with Gasteiger partial charge in [0.2, 0.25) is 10.0 Å². The van der Waals surface area contributed by atoms with Gasteiger partial charge in [0.05, 0.1) is 16.4 Å². The summed E-state index contributed by atoms with van der Waals surface area (Å²) in [7, 11) is -2.11. The number of benzene rings is 2. The number of hydrogen-bond acceptors (Lipinski definition) is 5. The van der Waals surface area contributed by atoms with Crippen molar-refractivity contribution < 1.29 is 17.7 Å². The maximum absolute atomic E-state index is 13.4. The highest BCUT2D eigenvalue weighted by atomic mass is 127. The molecule has 12 heteroatoms. The lowest BCUT2D eigenvalue weighted by Crippen LogP contribution is -2.39. The molecule has 31 heavy (non-hydrogen) atoms. The molecule has 170 valence electrons. The molecule has 2 aromatic carbocycles. The monoisotopic (exact) mass is 565 g/mol. The average molecular weight is 565 g/mol. The summed E-state index contributed by atoms with van der Waals surface area (Å²) in [6.45, 7) is 3.07. The molecule has 0 unspecified atom stereocenters. The standard InChI is InChI=1S/C19H24FN5O4S.HI/c1-3-21-19(24(2)14-15-6-4-7-16(20)12-15)22-10-11-23-30(28,29)18-9-5-8-17(13-18)25(26)27;/h4-9,12-13,23H,3,10-11,14H2,1-2H3,(H,21,22);1H. The van der Waals surface area contributed by atoms with Crippen molar-refractivity contribution in [2.45, 2.75) is 18.4 Å². The second kappa shape index (κ2) is 12.5. The first-order chi connectivity index (χ1) is 14.2. The molecule has 0 bridgehead atoms. The Morgan fingerprint density at radius 3 is 2.58 bits per heavy atom. The lowest BCUT2D eigenvalue weighted by Gasteiger charge is -2.22. The Balaban J connectivity index is 0.00000480. The molecule has 0 aliphatic rings. The molecular formula is C19H25FIN5O4S. The van der Waals surface area contributed by atoms with Crippen LogP contribution in [0.3, 0.4) is 0 Å². The van der Waals surface area contributed by atoms with Crippen LogP contribution in [0.1, 0.15) is 12.5 Å². The summed E-state index contributed by atoms with van der Waals surface area (Å²) >= 11 is 0. The number of rotatable bonds is 9. The zero-order valence-electron chi connectivity index (χ0n) is 17.1. The Labute approximate surface area is 198 Å². The van der Waals surface area contributed by atoms with Gasteiger partial charge < -0.3 is 10.2 Å². The molecular weight excluding hydrogens is 540 g/mol. The van der Waals surface area contributed by atoms with Crippen LogP contribution in [0.2, 0.25) is 0 Å². The molecule has 2 N–H and O–H groups in total. The number of non-ortho nitro benzene ring substituents is 1. The number of nitrogens with one attached hydrogen (secondary N) is 2. The minimum Gasteiger partial charge on any atom is -0.357 e. The van der Waals surface area contributed by atoms with Crippen LogP contribution >= 0.6 is 24.0 Å². The van der Waals surface area contributed by atoms with Crippen molar-refractivity contribution in [3.05, 3.63) is 70.0 Å². The second-order valence-electron chi connectivity index (χ2n) is 6.37. The van der Waals surface area contributed by atoms with Crippen LogP contribution in [0, 0.1) is 15.9 Å². The molecule has 0 spiro atoms. The van der Waals surface area contributed by atoms with Crippen LogP contribution in [0.4, 0.5) is 10.1 Å². The Bertz CT molecular complexity index is 1020. The van der Waals surface area contributed by atoms with Gasteiger partial charge in [-0.3, -0.25) is 15.1 Å². The van der Waals surface area contributed by atoms with Crippen molar-refractivity contribution in [3.63, 3.8) is 0 Å². The molecule has 0 fully saturated rings.